The predicted molar refractivity (Wildman–Crippen MR) is 80.6 cm³/mol. The third kappa shape index (κ3) is 4.35. The highest BCUT2D eigenvalue weighted by molar-refractivity contribution is 5.85. The van der Waals surface area contributed by atoms with E-state index < -0.39 is 6.04 Å². The van der Waals surface area contributed by atoms with Crippen molar-refractivity contribution in [2.75, 3.05) is 13.1 Å². The summed E-state index contributed by atoms with van der Waals surface area (Å²) in [5, 5.41) is 2.91. The third-order valence-corrected chi connectivity index (χ3v) is 4.21. The second-order valence-electron chi connectivity index (χ2n) is 5.90. The van der Waals surface area contributed by atoms with Gasteiger partial charge in [0.05, 0.1) is 6.04 Å². The molecule has 1 aliphatic carbocycles. The quantitative estimate of drug-likeness (QED) is 0.818. The summed E-state index contributed by atoms with van der Waals surface area (Å²) in [6.45, 7) is 3.09. The fraction of sp³-hybridized carbons (Fsp3) is 0.857. The van der Waals surface area contributed by atoms with Crippen molar-refractivity contribution in [1.82, 2.24) is 10.2 Å². The molecule has 1 heterocycles. The summed E-state index contributed by atoms with van der Waals surface area (Å²) < 4.78 is 0. The molecule has 6 heteroatoms. The van der Waals surface area contributed by atoms with Gasteiger partial charge in [-0.15, -0.1) is 12.4 Å². The zero-order valence-corrected chi connectivity index (χ0v) is 13.0. The van der Waals surface area contributed by atoms with E-state index in [4.69, 9.17) is 5.73 Å². The number of nitrogens with one attached hydrogen (secondary N) is 1. The molecule has 3 N–H and O–H groups in total. The van der Waals surface area contributed by atoms with Crippen LogP contribution in [-0.4, -0.2) is 41.9 Å². The van der Waals surface area contributed by atoms with Crippen molar-refractivity contribution >= 4 is 24.2 Å². The Morgan fingerprint density at radius 3 is 2.45 bits per heavy atom. The Bertz CT molecular complexity index is 343. The van der Waals surface area contributed by atoms with Gasteiger partial charge in [0.25, 0.3) is 0 Å². The molecule has 1 saturated heterocycles. The number of halogens is 1. The Labute approximate surface area is 127 Å². The van der Waals surface area contributed by atoms with Crippen molar-refractivity contribution in [2.24, 2.45) is 11.7 Å². The summed E-state index contributed by atoms with van der Waals surface area (Å²) in [4.78, 5) is 25.8. The number of amides is 2. The van der Waals surface area contributed by atoms with Gasteiger partial charge in [-0.25, -0.2) is 0 Å². The zero-order chi connectivity index (χ0) is 13.8. The molecule has 1 aliphatic heterocycles. The van der Waals surface area contributed by atoms with Gasteiger partial charge in [-0.1, -0.05) is 19.3 Å². The molecule has 1 unspecified atom stereocenters. The number of carbonyl (C=O) groups is 2. The monoisotopic (exact) mass is 303 g/mol. The normalized spacial score (nSPS) is 24.9. The largest absolute Gasteiger partial charge is 0.350 e. The van der Waals surface area contributed by atoms with E-state index in [0.29, 0.717) is 6.54 Å². The molecule has 116 valence electrons. The summed E-state index contributed by atoms with van der Waals surface area (Å²) in [5.41, 5.74) is 5.53. The van der Waals surface area contributed by atoms with E-state index in [0.717, 1.165) is 25.8 Å². The van der Waals surface area contributed by atoms with Crippen LogP contribution in [0.15, 0.2) is 0 Å². The average Bonchev–Trinajstić information content (AvgIpc) is 2.87. The van der Waals surface area contributed by atoms with Crippen LogP contribution in [0.4, 0.5) is 0 Å². The van der Waals surface area contributed by atoms with E-state index in [2.05, 4.69) is 5.32 Å². The van der Waals surface area contributed by atoms with Crippen LogP contribution >= 0.6 is 12.4 Å². The molecule has 5 nitrogen and oxygen atoms in total. The van der Waals surface area contributed by atoms with Crippen molar-refractivity contribution in [3.8, 4) is 0 Å². The lowest BCUT2D eigenvalue weighted by atomic mass is 9.88. The predicted octanol–water partition coefficient (Wildman–Crippen LogP) is 1.05. The maximum atomic E-state index is 12.4. The summed E-state index contributed by atoms with van der Waals surface area (Å²) in [5.74, 6) is 0.380. The smallest absolute Gasteiger partial charge is 0.236 e. The Balaban J connectivity index is 0.00000200. The summed E-state index contributed by atoms with van der Waals surface area (Å²) in [7, 11) is 0. The molecule has 0 aromatic heterocycles. The Hall–Kier alpha value is -0.810. The molecular formula is C14H26ClN3O2. The number of hydrogen-bond acceptors (Lipinski definition) is 3. The average molecular weight is 304 g/mol. The molecular weight excluding hydrogens is 278 g/mol. The first-order valence-corrected chi connectivity index (χ1v) is 7.42. The van der Waals surface area contributed by atoms with Gasteiger partial charge < -0.3 is 16.0 Å². The molecule has 2 fully saturated rings. The SMILES string of the molecule is C[C@@H](N)C(=O)NC1CCN(C(=O)C2CCCCC2)C1.Cl. The molecule has 2 rings (SSSR count). The number of hydrogen-bond donors (Lipinski definition) is 2. The molecule has 2 amide bonds. The van der Waals surface area contributed by atoms with Crippen molar-refractivity contribution in [3.05, 3.63) is 0 Å². The van der Waals surface area contributed by atoms with Gasteiger partial charge in [0.15, 0.2) is 0 Å². The molecule has 0 spiro atoms. The van der Waals surface area contributed by atoms with E-state index >= 15 is 0 Å². The number of nitrogens with zero attached hydrogens (tertiary/aromatic N) is 1. The van der Waals surface area contributed by atoms with E-state index in [1.54, 1.807) is 6.92 Å². The summed E-state index contributed by atoms with van der Waals surface area (Å²) >= 11 is 0. The van der Waals surface area contributed by atoms with Gasteiger partial charge in [0.2, 0.25) is 11.8 Å². The van der Waals surface area contributed by atoms with Crippen LogP contribution in [0.2, 0.25) is 0 Å². The Kier molecular flexibility index (Phi) is 6.76. The van der Waals surface area contributed by atoms with Gasteiger partial charge in [0.1, 0.15) is 0 Å². The Morgan fingerprint density at radius 1 is 1.20 bits per heavy atom. The molecule has 20 heavy (non-hydrogen) atoms. The highest BCUT2D eigenvalue weighted by atomic mass is 35.5. The fourth-order valence-corrected chi connectivity index (χ4v) is 3.02. The van der Waals surface area contributed by atoms with Crippen molar-refractivity contribution in [2.45, 2.75) is 57.5 Å². The summed E-state index contributed by atoms with van der Waals surface area (Å²) in [6.07, 6.45) is 6.52. The summed E-state index contributed by atoms with van der Waals surface area (Å²) in [6, 6.07) is -0.408. The maximum Gasteiger partial charge on any atom is 0.236 e. The standard InChI is InChI=1S/C14H25N3O2.ClH/c1-10(15)13(18)16-12-7-8-17(9-12)14(19)11-5-3-2-4-6-11;/h10-12H,2-9,15H2,1H3,(H,16,18);1H/t10-,12?;/m1./s1. The highest BCUT2D eigenvalue weighted by Gasteiger charge is 2.32. The molecule has 0 bridgehead atoms. The minimum absolute atomic E-state index is 0. The fourth-order valence-electron chi connectivity index (χ4n) is 3.02. The molecule has 1 saturated carbocycles. The zero-order valence-electron chi connectivity index (χ0n) is 12.1. The topological polar surface area (TPSA) is 75.4 Å². The van der Waals surface area contributed by atoms with E-state index in [-0.39, 0.29) is 36.2 Å². The lowest BCUT2D eigenvalue weighted by Crippen LogP contribution is -2.45. The number of likely N-dealkylation sites (tertiary alicyclic amines) is 1. The highest BCUT2D eigenvalue weighted by Crippen LogP contribution is 2.26. The van der Waals surface area contributed by atoms with E-state index in [9.17, 15) is 9.59 Å². The van der Waals surface area contributed by atoms with Gasteiger partial charge in [-0.05, 0) is 26.2 Å². The van der Waals surface area contributed by atoms with Gasteiger partial charge in [0, 0.05) is 25.0 Å². The van der Waals surface area contributed by atoms with Crippen molar-refractivity contribution < 1.29 is 9.59 Å². The molecule has 2 atom stereocenters. The number of nitrogens with two attached hydrogens (primary N) is 1. The molecule has 0 radical (unpaired) electrons. The lowest BCUT2D eigenvalue weighted by molar-refractivity contribution is -0.135. The lowest BCUT2D eigenvalue weighted by Gasteiger charge is -2.26. The number of carbonyl (C=O) groups excluding carboxylic acids is 2. The molecule has 2 aliphatic rings. The van der Waals surface area contributed by atoms with Crippen LogP contribution < -0.4 is 11.1 Å². The molecule has 0 aromatic carbocycles. The first kappa shape index (κ1) is 17.2. The first-order valence-electron chi connectivity index (χ1n) is 7.42. The van der Waals surface area contributed by atoms with Crippen LogP contribution in [0.25, 0.3) is 0 Å². The van der Waals surface area contributed by atoms with Crippen molar-refractivity contribution in [1.29, 1.82) is 0 Å². The van der Waals surface area contributed by atoms with Crippen LogP contribution in [-0.2, 0) is 9.59 Å². The minimum atomic E-state index is -0.483. The Morgan fingerprint density at radius 2 is 1.85 bits per heavy atom. The van der Waals surface area contributed by atoms with Crippen LogP contribution in [0.3, 0.4) is 0 Å². The minimum Gasteiger partial charge on any atom is -0.350 e. The van der Waals surface area contributed by atoms with Gasteiger partial charge >= 0.3 is 0 Å². The van der Waals surface area contributed by atoms with Crippen LogP contribution in [0, 0.1) is 5.92 Å². The second kappa shape index (κ2) is 7.84. The van der Waals surface area contributed by atoms with E-state index in [1.165, 1.54) is 19.3 Å². The van der Waals surface area contributed by atoms with Gasteiger partial charge in [-0.2, -0.15) is 0 Å². The van der Waals surface area contributed by atoms with Crippen LogP contribution in [0.1, 0.15) is 45.4 Å². The maximum absolute atomic E-state index is 12.4. The molecule has 0 aromatic rings. The van der Waals surface area contributed by atoms with Crippen LogP contribution in [0.5, 0.6) is 0 Å². The number of rotatable bonds is 3. The van der Waals surface area contributed by atoms with E-state index in [1.807, 2.05) is 4.90 Å². The van der Waals surface area contributed by atoms with Gasteiger partial charge in [-0.3, -0.25) is 9.59 Å². The third-order valence-electron chi connectivity index (χ3n) is 4.21. The first-order chi connectivity index (χ1) is 9.08. The van der Waals surface area contributed by atoms with Crippen molar-refractivity contribution in [3.63, 3.8) is 0 Å². The second-order valence-corrected chi connectivity index (χ2v) is 5.90.